The zero-order valence-corrected chi connectivity index (χ0v) is 13.4. The lowest BCUT2D eigenvalue weighted by Crippen LogP contribution is -2.31. The van der Waals surface area contributed by atoms with Crippen LogP contribution < -0.4 is 10.6 Å². The molecule has 0 spiro atoms. The molecule has 0 heterocycles. The van der Waals surface area contributed by atoms with Crippen LogP contribution in [-0.4, -0.2) is 6.03 Å². The molecule has 0 unspecified atom stereocenters. The first-order valence-electron chi connectivity index (χ1n) is 6.65. The number of amides is 2. The van der Waals surface area contributed by atoms with Gasteiger partial charge in [0.2, 0.25) is 0 Å². The Kier molecular flexibility index (Phi) is 5.58. The third-order valence-corrected chi connectivity index (χ3v) is 3.40. The van der Waals surface area contributed by atoms with Gasteiger partial charge in [0.25, 0.3) is 0 Å². The summed E-state index contributed by atoms with van der Waals surface area (Å²) in [6.45, 7) is 2.53. The molecule has 0 atom stereocenters. The smallest absolute Gasteiger partial charge is 0.319 e. The average molecular weight is 345 g/mol. The van der Waals surface area contributed by atoms with E-state index in [0.717, 1.165) is 15.6 Å². The molecule has 2 aromatic carbocycles. The summed E-state index contributed by atoms with van der Waals surface area (Å²) in [5.41, 5.74) is 3.31. The van der Waals surface area contributed by atoms with Crippen molar-refractivity contribution in [2.24, 2.45) is 0 Å². The Labute approximate surface area is 133 Å². The van der Waals surface area contributed by atoms with Gasteiger partial charge in [0.05, 0.1) is 0 Å². The van der Waals surface area contributed by atoms with Crippen molar-refractivity contribution in [2.45, 2.75) is 13.5 Å². The molecule has 21 heavy (non-hydrogen) atoms. The fourth-order valence-electron chi connectivity index (χ4n) is 1.77. The molecule has 0 saturated carbocycles. The molecule has 2 rings (SSSR count). The van der Waals surface area contributed by atoms with Crippen molar-refractivity contribution >= 4 is 28.0 Å². The van der Waals surface area contributed by atoms with E-state index in [1.165, 1.54) is 5.56 Å². The summed E-state index contributed by atoms with van der Waals surface area (Å²) in [7, 11) is 0. The van der Waals surface area contributed by atoms with Gasteiger partial charge in [0.15, 0.2) is 0 Å². The maximum atomic E-state index is 11.7. The lowest BCUT2D eigenvalue weighted by molar-refractivity contribution is 0.244. The van der Waals surface area contributed by atoms with Crippen molar-refractivity contribution in [3.8, 4) is 0 Å². The number of hydrogen-bond acceptors (Lipinski definition) is 1. The van der Waals surface area contributed by atoms with Gasteiger partial charge in [-0.1, -0.05) is 57.9 Å². The minimum Gasteiger partial charge on any atom is -0.334 e. The topological polar surface area (TPSA) is 41.1 Å². The van der Waals surface area contributed by atoms with Crippen LogP contribution in [0.1, 0.15) is 16.7 Å². The maximum Gasteiger partial charge on any atom is 0.319 e. The molecule has 0 aliphatic carbocycles. The van der Waals surface area contributed by atoms with Gasteiger partial charge >= 0.3 is 6.03 Å². The van der Waals surface area contributed by atoms with Crippen LogP contribution in [0.5, 0.6) is 0 Å². The number of rotatable bonds is 4. The van der Waals surface area contributed by atoms with Gasteiger partial charge in [0, 0.05) is 17.2 Å². The molecule has 2 N–H and O–H groups in total. The molecular weight excluding hydrogens is 328 g/mol. The molecule has 3 nitrogen and oxygen atoms in total. The number of carbonyl (C=O) groups is 1. The van der Waals surface area contributed by atoms with Crippen LogP contribution in [0.15, 0.2) is 59.2 Å². The van der Waals surface area contributed by atoms with Gasteiger partial charge in [0.1, 0.15) is 0 Å². The van der Waals surface area contributed by atoms with Crippen molar-refractivity contribution in [1.29, 1.82) is 0 Å². The van der Waals surface area contributed by atoms with E-state index < -0.39 is 0 Å². The normalized spacial score (nSPS) is 10.6. The van der Waals surface area contributed by atoms with E-state index in [1.54, 1.807) is 6.20 Å². The van der Waals surface area contributed by atoms with Gasteiger partial charge < -0.3 is 10.6 Å². The third kappa shape index (κ3) is 5.44. The van der Waals surface area contributed by atoms with Crippen LogP contribution in [-0.2, 0) is 6.54 Å². The van der Waals surface area contributed by atoms with Crippen molar-refractivity contribution in [1.82, 2.24) is 10.6 Å². The molecular formula is C17H17BrN2O. The molecule has 0 radical (unpaired) electrons. The highest BCUT2D eigenvalue weighted by atomic mass is 79.9. The SMILES string of the molecule is Cc1ccc(/C=C/NC(=O)NCc2cccc(Br)c2)cc1. The predicted molar refractivity (Wildman–Crippen MR) is 89.7 cm³/mol. The first kappa shape index (κ1) is 15.3. The first-order valence-corrected chi connectivity index (χ1v) is 7.45. The second-order valence-electron chi connectivity index (χ2n) is 4.70. The number of aryl methyl sites for hydroxylation is 1. The molecule has 0 aromatic heterocycles. The zero-order chi connectivity index (χ0) is 15.1. The summed E-state index contributed by atoms with van der Waals surface area (Å²) in [6, 6.07) is 15.7. The number of carbonyl (C=O) groups excluding carboxylic acids is 1. The third-order valence-electron chi connectivity index (χ3n) is 2.91. The molecule has 4 heteroatoms. The Bertz CT molecular complexity index is 635. The molecule has 2 amide bonds. The van der Waals surface area contributed by atoms with Gasteiger partial charge in [-0.2, -0.15) is 0 Å². The minimum absolute atomic E-state index is 0.224. The fraction of sp³-hybridized carbons (Fsp3) is 0.118. The van der Waals surface area contributed by atoms with Crippen LogP contribution in [0.4, 0.5) is 4.79 Å². The molecule has 0 aliphatic heterocycles. The molecule has 2 aromatic rings. The molecule has 0 saturated heterocycles. The molecule has 0 bridgehead atoms. The highest BCUT2D eigenvalue weighted by Crippen LogP contribution is 2.11. The number of benzene rings is 2. The summed E-state index contributed by atoms with van der Waals surface area (Å²) < 4.78 is 1.00. The van der Waals surface area contributed by atoms with Crippen LogP contribution >= 0.6 is 15.9 Å². The summed E-state index contributed by atoms with van der Waals surface area (Å²) in [5.74, 6) is 0. The number of nitrogens with one attached hydrogen (secondary N) is 2. The van der Waals surface area contributed by atoms with Gasteiger partial charge in [-0.15, -0.1) is 0 Å². The lowest BCUT2D eigenvalue weighted by Gasteiger charge is -2.05. The Morgan fingerprint density at radius 1 is 1.19 bits per heavy atom. The Morgan fingerprint density at radius 3 is 2.67 bits per heavy atom. The van der Waals surface area contributed by atoms with Crippen molar-refractivity contribution in [3.05, 3.63) is 75.9 Å². The van der Waals surface area contributed by atoms with Crippen molar-refractivity contribution in [2.75, 3.05) is 0 Å². The van der Waals surface area contributed by atoms with E-state index in [-0.39, 0.29) is 6.03 Å². The van der Waals surface area contributed by atoms with E-state index in [9.17, 15) is 4.79 Å². The predicted octanol–water partition coefficient (Wildman–Crippen LogP) is 4.23. The number of halogens is 1. The first-order chi connectivity index (χ1) is 10.1. The van der Waals surface area contributed by atoms with Crippen molar-refractivity contribution in [3.63, 3.8) is 0 Å². The quantitative estimate of drug-likeness (QED) is 0.856. The van der Waals surface area contributed by atoms with E-state index in [1.807, 2.05) is 61.5 Å². The van der Waals surface area contributed by atoms with Crippen molar-refractivity contribution < 1.29 is 4.79 Å². The average Bonchev–Trinajstić information content (AvgIpc) is 2.47. The highest BCUT2D eigenvalue weighted by Gasteiger charge is 1.98. The molecule has 0 fully saturated rings. The number of urea groups is 1. The van der Waals surface area contributed by atoms with E-state index in [2.05, 4.69) is 26.6 Å². The summed E-state index contributed by atoms with van der Waals surface area (Å²) in [5, 5.41) is 5.49. The maximum absolute atomic E-state index is 11.7. The fourth-order valence-corrected chi connectivity index (χ4v) is 2.22. The highest BCUT2D eigenvalue weighted by molar-refractivity contribution is 9.10. The minimum atomic E-state index is -0.224. The Balaban J connectivity index is 1.78. The van der Waals surface area contributed by atoms with E-state index in [0.29, 0.717) is 6.54 Å². The van der Waals surface area contributed by atoms with E-state index >= 15 is 0 Å². The monoisotopic (exact) mass is 344 g/mol. The second kappa shape index (κ2) is 7.64. The van der Waals surface area contributed by atoms with Gasteiger partial charge in [-0.25, -0.2) is 4.79 Å². The van der Waals surface area contributed by atoms with Gasteiger partial charge in [-0.3, -0.25) is 0 Å². The van der Waals surface area contributed by atoms with Crippen LogP contribution in [0, 0.1) is 6.92 Å². The summed E-state index contributed by atoms with van der Waals surface area (Å²) in [4.78, 5) is 11.7. The second-order valence-corrected chi connectivity index (χ2v) is 5.62. The summed E-state index contributed by atoms with van der Waals surface area (Å²) in [6.07, 6.45) is 3.50. The van der Waals surface area contributed by atoms with Crippen LogP contribution in [0.3, 0.4) is 0 Å². The standard InChI is InChI=1S/C17H17BrN2O/c1-13-5-7-14(8-6-13)9-10-19-17(21)20-12-15-3-2-4-16(18)11-15/h2-11H,12H2,1H3,(H2,19,20,21)/b10-9+. The largest absolute Gasteiger partial charge is 0.334 e. The Morgan fingerprint density at radius 2 is 1.95 bits per heavy atom. The van der Waals surface area contributed by atoms with E-state index in [4.69, 9.17) is 0 Å². The van der Waals surface area contributed by atoms with Crippen LogP contribution in [0.25, 0.3) is 6.08 Å². The number of hydrogen-bond donors (Lipinski definition) is 2. The molecule has 108 valence electrons. The summed E-state index contributed by atoms with van der Waals surface area (Å²) >= 11 is 3.40. The Hall–Kier alpha value is -2.07. The lowest BCUT2D eigenvalue weighted by atomic mass is 10.1. The molecule has 0 aliphatic rings. The zero-order valence-electron chi connectivity index (χ0n) is 11.8. The van der Waals surface area contributed by atoms with Crippen LogP contribution in [0.2, 0.25) is 0 Å². The van der Waals surface area contributed by atoms with Gasteiger partial charge in [-0.05, 0) is 36.3 Å².